The minimum atomic E-state index is -0.656. The van der Waals surface area contributed by atoms with Crippen LogP contribution in [-0.2, 0) is 9.59 Å². The topological polar surface area (TPSA) is 61.4 Å². The Morgan fingerprint density at radius 1 is 1.20 bits per heavy atom. The molecule has 0 saturated carbocycles. The molecule has 0 radical (unpaired) electrons. The van der Waals surface area contributed by atoms with Gasteiger partial charge in [0.05, 0.1) is 0 Å². The molecule has 0 aromatic heterocycles. The second-order valence-corrected chi connectivity index (χ2v) is 3.75. The molecule has 1 aliphatic heterocycles. The van der Waals surface area contributed by atoms with Crippen molar-refractivity contribution in [2.45, 2.75) is 13.8 Å². The molecular formula is C9H15N3O2S. The van der Waals surface area contributed by atoms with Crippen molar-refractivity contribution in [2.75, 3.05) is 19.6 Å². The van der Waals surface area contributed by atoms with Crippen molar-refractivity contribution < 1.29 is 9.59 Å². The quantitative estimate of drug-likeness (QED) is 0.503. The summed E-state index contributed by atoms with van der Waals surface area (Å²) in [7, 11) is 0. The van der Waals surface area contributed by atoms with Gasteiger partial charge in [0.25, 0.3) is 0 Å². The van der Waals surface area contributed by atoms with E-state index in [2.05, 4.69) is 10.6 Å². The standard InChI is InChI=1S/C9H15N3O2S/c1-3-12(4-2)5-6-7(13)10-9(15)11-8(6)14/h6H,3-5H2,1-2H3,(H2,10,11,13,14,15). The third-order valence-electron chi connectivity index (χ3n) is 2.44. The smallest absolute Gasteiger partial charge is 0.240 e. The highest BCUT2D eigenvalue weighted by Crippen LogP contribution is 2.05. The first-order valence-corrected chi connectivity index (χ1v) is 5.37. The van der Waals surface area contributed by atoms with Crippen LogP contribution in [0.4, 0.5) is 0 Å². The lowest BCUT2D eigenvalue weighted by atomic mass is 10.1. The minimum Gasteiger partial charge on any atom is -0.303 e. The normalized spacial score (nSPS) is 17.9. The molecule has 2 N–H and O–H groups in total. The van der Waals surface area contributed by atoms with E-state index in [1.807, 2.05) is 18.7 Å². The molecule has 0 aliphatic carbocycles. The Morgan fingerprint density at radius 2 is 1.67 bits per heavy atom. The van der Waals surface area contributed by atoms with Gasteiger partial charge in [-0.25, -0.2) is 0 Å². The fraction of sp³-hybridized carbons (Fsp3) is 0.667. The Labute approximate surface area is 94.2 Å². The summed E-state index contributed by atoms with van der Waals surface area (Å²) in [5.74, 6) is -1.28. The van der Waals surface area contributed by atoms with Crippen LogP contribution in [0.3, 0.4) is 0 Å². The predicted molar refractivity (Wildman–Crippen MR) is 60.2 cm³/mol. The fourth-order valence-electron chi connectivity index (χ4n) is 1.45. The van der Waals surface area contributed by atoms with E-state index in [-0.39, 0.29) is 16.9 Å². The summed E-state index contributed by atoms with van der Waals surface area (Å²) in [5.41, 5.74) is 0. The fourth-order valence-corrected chi connectivity index (χ4v) is 1.66. The van der Waals surface area contributed by atoms with Crippen LogP contribution in [0.15, 0.2) is 0 Å². The number of nitrogens with one attached hydrogen (secondary N) is 2. The van der Waals surface area contributed by atoms with Crippen LogP contribution in [-0.4, -0.2) is 41.5 Å². The molecular weight excluding hydrogens is 214 g/mol. The summed E-state index contributed by atoms with van der Waals surface area (Å²) in [4.78, 5) is 25.0. The van der Waals surface area contributed by atoms with Crippen molar-refractivity contribution in [2.24, 2.45) is 5.92 Å². The van der Waals surface area contributed by atoms with Crippen LogP contribution in [0.1, 0.15) is 13.8 Å². The van der Waals surface area contributed by atoms with E-state index in [1.165, 1.54) is 0 Å². The summed E-state index contributed by atoms with van der Waals surface area (Å²) in [5, 5.41) is 4.99. The zero-order valence-electron chi connectivity index (χ0n) is 8.87. The van der Waals surface area contributed by atoms with Crippen LogP contribution in [0, 0.1) is 5.92 Å². The highest BCUT2D eigenvalue weighted by atomic mass is 32.1. The summed E-state index contributed by atoms with van der Waals surface area (Å²) in [6, 6.07) is 0. The molecule has 2 amide bonds. The number of rotatable bonds is 4. The van der Waals surface area contributed by atoms with Crippen LogP contribution in [0.2, 0.25) is 0 Å². The first-order chi connectivity index (χ1) is 7.08. The van der Waals surface area contributed by atoms with E-state index in [0.717, 1.165) is 13.1 Å². The molecule has 0 aromatic rings. The summed E-state index contributed by atoms with van der Waals surface area (Å²) in [6.45, 7) is 6.06. The number of thiocarbonyl (C=S) groups is 1. The molecule has 5 nitrogen and oxygen atoms in total. The Balaban J connectivity index is 2.64. The van der Waals surface area contributed by atoms with Gasteiger partial charge in [-0.3, -0.25) is 9.59 Å². The van der Waals surface area contributed by atoms with Gasteiger partial charge >= 0.3 is 0 Å². The van der Waals surface area contributed by atoms with Gasteiger partial charge in [-0.2, -0.15) is 0 Å². The van der Waals surface area contributed by atoms with Gasteiger partial charge in [-0.1, -0.05) is 13.8 Å². The number of nitrogens with zero attached hydrogens (tertiary/aromatic N) is 1. The van der Waals surface area contributed by atoms with Gasteiger partial charge < -0.3 is 15.5 Å². The molecule has 1 heterocycles. The van der Waals surface area contributed by atoms with E-state index >= 15 is 0 Å². The van der Waals surface area contributed by atoms with Gasteiger partial charge in [0.1, 0.15) is 5.92 Å². The van der Waals surface area contributed by atoms with Gasteiger partial charge in [0.15, 0.2) is 5.11 Å². The molecule has 0 unspecified atom stereocenters. The van der Waals surface area contributed by atoms with Crippen LogP contribution < -0.4 is 10.6 Å². The van der Waals surface area contributed by atoms with Crippen LogP contribution in [0.25, 0.3) is 0 Å². The third-order valence-corrected chi connectivity index (χ3v) is 2.65. The van der Waals surface area contributed by atoms with Gasteiger partial charge in [-0.05, 0) is 25.3 Å². The van der Waals surface area contributed by atoms with Crippen molar-refractivity contribution in [3.63, 3.8) is 0 Å². The predicted octanol–water partition coefficient (Wildman–Crippen LogP) is -0.525. The zero-order valence-corrected chi connectivity index (χ0v) is 9.69. The number of hydrogen-bond donors (Lipinski definition) is 2. The van der Waals surface area contributed by atoms with Crippen molar-refractivity contribution in [1.82, 2.24) is 15.5 Å². The van der Waals surface area contributed by atoms with Crippen molar-refractivity contribution in [1.29, 1.82) is 0 Å². The Bertz CT molecular complexity index is 269. The lowest BCUT2D eigenvalue weighted by Crippen LogP contribution is -2.58. The van der Waals surface area contributed by atoms with E-state index in [0.29, 0.717) is 6.54 Å². The molecule has 1 saturated heterocycles. The van der Waals surface area contributed by atoms with E-state index < -0.39 is 5.92 Å². The van der Waals surface area contributed by atoms with Gasteiger partial charge in [0, 0.05) is 6.54 Å². The Morgan fingerprint density at radius 3 is 2.07 bits per heavy atom. The summed E-state index contributed by atoms with van der Waals surface area (Å²) < 4.78 is 0. The average molecular weight is 229 g/mol. The third kappa shape index (κ3) is 2.97. The van der Waals surface area contributed by atoms with E-state index in [1.54, 1.807) is 0 Å². The van der Waals surface area contributed by atoms with Crippen molar-refractivity contribution >= 4 is 29.1 Å². The summed E-state index contributed by atoms with van der Waals surface area (Å²) in [6.07, 6.45) is 0. The SMILES string of the molecule is CCN(CC)CC1C(=O)NC(=S)NC1=O. The molecule has 1 rings (SSSR count). The first-order valence-electron chi connectivity index (χ1n) is 4.96. The second-order valence-electron chi connectivity index (χ2n) is 3.35. The molecule has 1 aliphatic rings. The lowest BCUT2D eigenvalue weighted by molar-refractivity contribution is -0.135. The molecule has 6 heteroatoms. The maximum absolute atomic E-state index is 11.5. The second kappa shape index (κ2) is 5.18. The maximum atomic E-state index is 11.5. The van der Waals surface area contributed by atoms with Crippen LogP contribution >= 0.6 is 12.2 Å². The lowest BCUT2D eigenvalue weighted by Gasteiger charge is -2.27. The van der Waals surface area contributed by atoms with Crippen molar-refractivity contribution in [3.8, 4) is 0 Å². The Kier molecular flexibility index (Phi) is 4.16. The Hall–Kier alpha value is -1.01. The monoisotopic (exact) mass is 229 g/mol. The highest BCUT2D eigenvalue weighted by Gasteiger charge is 2.33. The molecule has 0 spiro atoms. The highest BCUT2D eigenvalue weighted by molar-refractivity contribution is 7.80. The first kappa shape index (κ1) is 12.1. The average Bonchev–Trinajstić information content (AvgIpc) is 2.17. The van der Waals surface area contributed by atoms with Crippen LogP contribution in [0.5, 0.6) is 0 Å². The summed E-state index contributed by atoms with van der Waals surface area (Å²) >= 11 is 4.71. The number of amides is 2. The molecule has 84 valence electrons. The van der Waals surface area contributed by atoms with Gasteiger partial charge in [-0.15, -0.1) is 0 Å². The number of carbonyl (C=O) groups is 2. The molecule has 0 atom stereocenters. The maximum Gasteiger partial charge on any atom is 0.240 e. The zero-order chi connectivity index (χ0) is 11.4. The molecule has 1 fully saturated rings. The molecule has 15 heavy (non-hydrogen) atoms. The van der Waals surface area contributed by atoms with Crippen molar-refractivity contribution in [3.05, 3.63) is 0 Å². The molecule has 0 bridgehead atoms. The number of hydrogen-bond acceptors (Lipinski definition) is 4. The van der Waals surface area contributed by atoms with E-state index in [4.69, 9.17) is 12.2 Å². The largest absolute Gasteiger partial charge is 0.303 e. The number of carbonyl (C=O) groups excluding carboxylic acids is 2. The minimum absolute atomic E-state index is 0.0980. The molecule has 0 aromatic carbocycles. The van der Waals surface area contributed by atoms with E-state index in [9.17, 15) is 9.59 Å². The van der Waals surface area contributed by atoms with Gasteiger partial charge in [0.2, 0.25) is 11.8 Å².